The van der Waals surface area contributed by atoms with Gasteiger partial charge in [0.25, 0.3) is 0 Å². The van der Waals surface area contributed by atoms with Gasteiger partial charge in [-0.25, -0.2) is 0 Å². The largest absolute Gasteiger partial charge is 0.300 e. The van der Waals surface area contributed by atoms with E-state index in [0.29, 0.717) is 76.0 Å². The second kappa shape index (κ2) is 27.3. The zero-order valence-electron chi connectivity index (χ0n) is 35.3. The van der Waals surface area contributed by atoms with Crippen LogP contribution in [0.5, 0.6) is 0 Å². The Hall–Kier alpha value is -2.31. The van der Waals surface area contributed by atoms with Gasteiger partial charge in [-0.2, -0.15) is 0 Å². The highest BCUT2D eigenvalue weighted by Crippen LogP contribution is 2.32. The van der Waals surface area contributed by atoms with Crippen LogP contribution in [0.1, 0.15) is 192 Å². The number of rotatable bonds is 33. The van der Waals surface area contributed by atoms with Gasteiger partial charge < -0.3 is 14.4 Å². The molecule has 6 atom stereocenters. The first kappa shape index (κ1) is 49.7. The van der Waals surface area contributed by atoms with Crippen LogP contribution >= 0.6 is 0 Å². The third kappa shape index (κ3) is 23.4. The molecule has 0 rings (SSSR count). The molecular weight excluding hydrogens is 652 g/mol. The summed E-state index contributed by atoms with van der Waals surface area (Å²) in [5.41, 5.74) is 0. The van der Waals surface area contributed by atoms with Gasteiger partial charge in [-0.3, -0.25) is 19.2 Å². The molecule has 0 fully saturated rings. The van der Waals surface area contributed by atoms with Crippen LogP contribution in [0.4, 0.5) is 0 Å². The van der Waals surface area contributed by atoms with Gasteiger partial charge in [-0.05, 0) is 95.3 Å². The standard InChI is InChI=1S/C45H78O7/c1-12-13-14-37(26-43(50)41(23-18-36(11)48)28-42(49)33(8)25-31(4)5)19-24-38(21-16-34(9)46)44(51)29-40(20-15-30(2)3)45(52)27-39(32(6)7)22-17-35(10)47/h30-33,37-41H,12-29H2,1-11H3. The lowest BCUT2D eigenvalue weighted by molar-refractivity contribution is -0.131. The van der Waals surface area contributed by atoms with Crippen molar-refractivity contribution in [3.05, 3.63) is 0 Å². The van der Waals surface area contributed by atoms with Crippen molar-refractivity contribution >= 4 is 40.5 Å². The lowest BCUT2D eigenvalue weighted by Gasteiger charge is -2.26. The first-order valence-electron chi connectivity index (χ1n) is 20.9. The van der Waals surface area contributed by atoms with Crippen LogP contribution in [0.2, 0.25) is 0 Å². The second-order valence-corrected chi connectivity index (χ2v) is 17.6. The molecule has 0 aromatic carbocycles. The van der Waals surface area contributed by atoms with E-state index in [4.69, 9.17) is 0 Å². The summed E-state index contributed by atoms with van der Waals surface area (Å²) < 4.78 is 0. The minimum Gasteiger partial charge on any atom is -0.300 e. The summed E-state index contributed by atoms with van der Waals surface area (Å²) in [5, 5.41) is 0. The van der Waals surface area contributed by atoms with Gasteiger partial charge in [0, 0.05) is 68.6 Å². The number of hydrogen-bond acceptors (Lipinski definition) is 7. The number of unbranched alkanes of at least 4 members (excludes halogenated alkanes) is 1. The van der Waals surface area contributed by atoms with Crippen LogP contribution in [0, 0.1) is 53.3 Å². The fourth-order valence-electron chi connectivity index (χ4n) is 7.42. The van der Waals surface area contributed by atoms with E-state index in [1.807, 2.05) is 6.92 Å². The summed E-state index contributed by atoms with van der Waals surface area (Å²) in [7, 11) is 0. The Kier molecular flexibility index (Phi) is 26.1. The maximum atomic E-state index is 14.1. The summed E-state index contributed by atoms with van der Waals surface area (Å²) in [5.74, 6) is 0.155. The van der Waals surface area contributed by atoms with Crippen LogP contribution in [0.3, 0.4) is 0 Å². The third-order valence-electron chi connectivity index (χ3n) is 11.1. The Morgan fingerprint density at radius 3 is 1.40 bits per heavy atom. The van der Waals surface area contributed by atoms with E-state index in [1.54, 1.807) is 6.92 Å². The quantitative estimate of drug-likeness (QED) is 0.0659. The second-order valence-electron chi connectivity index (χ2n) is 17.6. The number of ketones is 7. The van der Waals surface area contributed by atoms with Gasteiger partial charge in [-0.15, -0.1) is 0 Å². The Bertz CT molecular complexity index is 1120. The first-order chi connectivity index (χ1) is 24.3. The van der Waals surface area contributed by atoms with E-state index in [0.717, 1.165) is 32.1 Å². The van der Waals surface area contributed by atoms with Crippen molar-refractivity contribution in [1.82, 2.24) is 0 Å². The van der Waals surface area contributed by atoms with E-state index in [1.165, 1.54) is 13.8 Å². The zero-order valence-corrected chi connectivity index (χ0v) is 35.3. The van der Waals surface area contributed by atoms with E-state index in [9.17, 15) is 33.6 Å². The molecule has 0 aliphatic heterocycles. The maximum absolute atomic E-state index is 14.1. The Morgan fingerprint density at radius 2 is 0.904 bits per heavy atom. The predicted octanol–water partition coefficient (Wildman–Crippen LogP) is 10.8. The highest BCUT2D eigenvalue weighted by molar-refractivity contribution is 5.90. The number of hydrogen-bond donors (Lipinski definition) is 0. The SMILES string of the molecule is CCCCC(CCC(CCC(C)=O)C(=O)CC(CCC(C)C)C(=O)CC(CCC(C)=O)C(C)C)CC(=O)C(CCC(C)=O)CC(=O)C(C)CC(C)C. The molecule has 0 aliphatic carbocycles. The van der Waals surface area contributed by atoms with Crippen LogP contribution in [-0.2, 0) is 33.6 Å². The normalized spacial score (nSPS) is 15.3. The molecule has 0 N–H and O–H groups in total. The Labute approximate surface area is 318 Å². The molecule has 0 amide bonds. The Morgan fingerprint density at radius 1 is 0.442 bits per heavy atom. The number of carbonyl (C=O) groups excluding carboxylic acids is 7. The van der Waals surface area contributed by atoms with Crippen LogP contribution in [0.15, 0.2) is 0 Å². The van der Waals surface area contributed by atoms with Crippen molar-refractivity contribution in [3.63, 3.8) is 0 Å². The number of carbonyl (C=O) groups is 7. The van der Waals surface area contributed by atoms with Crippen LogP contribution in [0.25, 0.3) is 0 Å². The van der Waals surface area contributed by atoms with Crippen molar-refractivity contribution in [2.24, 2.45) is 53.3 Å². The van der Waals surface area contributed by atoms with Crippen molar-refractivity contribution in [2.45, 2.75) is 192 Å². The number of Topliss-reactive ketones (excluding diaryl/α,β-unsaturated/α-hetero) is 7. The lowest BCUT2D eigenvalue weighted by atomic mass is 9.77. The predicted molar refractivity (Wildman–Crippen MR) is 212 cm³/mol. The molecule has 0 aromatic heterocycles. The summed E-state index contributed by atoms with van der Waals surface area (Å²) in [6.07, 6.45) is 9.71. The minimum absolute atomic E-state index is 0.0100. The molecule has 0 bridgehead atoms. The van der Waals surface area contributed by atoms with Gasteiger partial charge in [0.15, 0.2) is 0 Å². The molecule has 0 aliphatic rings. The van der Waals surface area contributed by atoms with E-state index < -0.39 is 5.92 Å². The van der Waals surface area contributed by atoms with Crippen molar-refractivity contribution < 1.29 is 33.6 Å². The van der Waals surface area contributed by atoms with E-state index in [2.05, 4.69) is 48.5 Å². The molecule has 52 heavy (non-hydrogen) atoms. The van der Waals surface area contributed by atoms with E-state index >= 15 is 0 Å². The van der Waals surface area contributed by atoms with Crippen LogP contribution in [-0.4, -0.2) is 40.5 Å². The summed E-state index contributed by atoms with van der Waals surface area (Å²) in [6, 6.07) is 0. The maximum Gasteiger partial charge on any atom is 0.136 e. The molecule has 0 spiro atoms. The van der Waals surface area contributed by atoms with Gasteiger partial charge in [-0.1, -0.05) is 81.1 Å². The van der Waals surface area contributed by atoms with Crippen molar-refractivity contribution in [2.75, 3.05) is 0 Å². The molecule has 7 nitrogen and oxygen atoms in total. The average Bonchev–Trinajstić information content (AvgIpc) is 3.03. The molecule has 300 valence electrons. The van der Waals surface area contributed by atoms with Crippen LogP contribution < -0.4 is 0 Å². The average molecular weight is 731 g/mol. The highest BCUT2D eigenvalue weighted by atomic mass is 16.2. The molecule has 0 saturated heterocycles. The smallest absolute Gasteiger partial charge is 0.136 e. The molecule has 0 aromatic rings. The summed E-state index contributed by atoms with van der Waals surface area (Å²) in [6.45, 7) is 21.2. The minimum atomic E-state index is -0.483. The lowest BCUT2D eigenvalue weighted by Crippen LogP contribution is -2.27. The molecule has 6 unspecified atom stereocenters. The fourth-order valence-corrected chi connectivity index (χ4v) is 7.42. The molecule has 0 saturated carbocycles. The zero-order chi connectivity index (χ0) is 40.0. The molecule has 0 radical (unpaired) electrons. The summed E-state index contributed by atoms with van der Waals surface area (Å²) >= 11 is 0. The molecular formula is C45H78O7. The molecule has 0 heterocycles. The van der Waals surface area contributed by atoms with Crippen molar-refractivity contribution in [1.29, 1.82) is 0 Å². The Balaban J connectivity index is 6.09. The van der Waals surface area contributed by atoms with Gasteiger partial charge in [0.2, 0.25) is 0 Å². The third-order valence-corrected chi connectivity index (χ3v) is 11.1. The van der Waals surface area contributed by atoms with Crippen molar-refractivity contribution in [3.8, 4) is 0 Å². The molecule has 7 heteroatoms. The van der Waals surface area contributed by atoms with Gasteiger partial charge in [0.05, 0.1) is 0 Å². The van der Waals surface area contributed by atoms with E-state index in [-0.39, 0.29) is 95.3 Å². The summed E-state index contributed by atoms with van der Waals surface area (Å²) in [4.78, 5) is 90.6. The highest BCUT2D eigenvalue weighted by Gasteiger charge is 2.31. The van der Waals surface area contributed by atoms with Gasteiger partial charge >= 0.3 is 0 Å². The fraction of sp³-hybridized carbons (Fsp3) is 0.844. The monoisotopic (exact) mass is 731 g/mol. The first-order valence-corrected chi connectivity index (χ1v) is 20.9. The van der Waals surface area contributed by atoms with Gasteiger partial charge in [0.1, 0.15) is 40.5 Å². The topological polar surface area (TPSA) is 119 Å².